The van der Waals surface area contributed by atoms with Gasteiger partial charge in [0.2, 0.25) is 0 Å². The first kappa shape index (κ1) is 8.24. The molecule has 0 aliphatic rings. The summed E-state index contributed by atoms with van der Waals surface area (Å²) in [6.07, 6.45) is 0. The van der Waals surface area contributed by atoms with E-state index in [1.165, 1.54) is 5.56 Å². The maximum atomic E-state index is 8.80. The van der Waals surface area contributed by atoms with Gasteiger partial charge in [-0.1, -0.05) is 29.8 Å². The molecule has 11 heavy (non-hydrogen) atoms. The van der Waals surface area contributed by atoms with Gasteiger partial charge in [-0.25, -0.2) is 0 Å². The van der Waals surface area contributed by atoms with E-state index in [4.69, 9.17) is 5.11 Å². The highest BCUT2D eigenvalue weighted by molar-refractivity contribution is 5.22. The minimum absolute atomic E-state index is 0.00981. The standard InChI is InChI=1S/C9H13NO/c1-7-2-4-8(5-3-7)9(10)6-11/h2-5,9,11H,6,10H2,1H3/p+1. The lowest BCUT2D eigenvalue weighted by Gasteiger charge is -2.04. The Hall–Kier alpha value is -0.860. The van der Waals surface area contributed by atoms with Crippen molar-refractivity contribution in [3.05, 3.63) is 35.4 Å². The maximum absolute atomic E-state index is 8.80. The second-order valence-electron chi connectivity index (χ2n) is 2.79. The van der Waals surface area contributed by atoms with Gasteiger partial charge in [0.15, 0.2) is 0 Å². The number of aryl methyl sites for hydroxylation is 1. The predicted octanol–water partition coefficient (Wildman–Crippen LogP) is 0.270. The quantitative estimate of drug-likeness (QED) is 0.628. The number of hydrogen-bond donors (Lipinski definition) is 2. The van der Waals surface area contributed by atoms with Gasteiger partial charge in [0.25, 0.3) is 0 Å². The van der Waals surface area contributed by atoms with Gasteiger partial charge >= 0.3 is 0 Å². The van der Waals surface area contributed by atoms with Crippen LogP contribution in [0.5, 0.6) is 0 Å². The molecule has 0 spiro atoms. The molecule has 1 aromatic carbocycles. The van der Waals surface area contributed by atoms with E-state index >= 15 is 0 Å². The number of quaternary nitrogens is 1. The molecule has 0 bridgehead atoms. The third-order valence-corrected chi connectivity index (χ3v) is 1.77. The van der Waals surface area contributed by atoms with E-state index in [9.17, 15) is 0 Å². The molecular formula is C9H14NO+. The number of hydrogen-bond acceptors (Lipinski definition) is 1. The summed E-state index contributed by atoms with van der Waals surface area (Å²) in [6.45, 7) is 2.16. The van der Waals surface area contributed by atoms with Crippen molar-refractivity contribution in [3.63, 3.8) is 0 Å². The average molecular weight is 152 g/mol. The normalized spacial score (nSPS) is 13.0. The molecular weight excluding hydrogens is 138 g/mol. The first-order valence-electron chi connectivity index (χ1n) is 3.74. The van der Waals surface area contributed by atoms with Crippen molar-refractivity contribution in [1.29, 1.82) is 0 Å². The molecule has 0 saturated heterocycles. The highest BCUT2D eigenvalue weighted by Gasteiger charge is 2.05. The van der Waals surface area contributed by atoms with E-state index in [1.54, 1.807) is 0 Å². The van der Waals surface area contributed by atoms with Gasteiger partial charge in [0, 0.05) is 5.56 Å². The van der Waals surface area contributed by atoms with E-state index in [2.05, 4.69) is 5.73 Å². The Kier molecular flexibility index (Phi) is 2.63. The number of aliphatic hydroxyl groups excluding tert-OH is 1. The van der Waals surface area contributed by atoms with Crippen LogP contribution in [0, 0.1) is 6.92 Å². The van der Waals surface area contributed by atoms with Crippen LogP contribution in [0.3, 0.4) is 0 Å². The fourth-order valence-corrected chi connectivity index (χ4v) is 0.944. The minimum Gasteiger partial charge on any atom is -0.390 e. The Bertz CT molecular complexity index is 218. The van der Waals surface area contributed by atoms with Gasteiger partial charge in [0.1, 0.15) is 6.04 Å². The number of rotatable bonds is 2. The highest BCUT2D eigenvalue weighted by Crippen LogP contribution is 2.08. The monoisotopic (exact) mass is 152 g/mol. The van der Waals surface area contributed by atoms with Crippen molar-refractivity contribution in [2.75, 3.05) is 6.61 Å². The van der Waals surface area contributed by atoms with Crippen LogP contribution in [0.15, 0.2) is 24.3 Å². The van der Waals surface area contributed by atoms with Crippen molar-refractivity contribution >= 4 is 0 Å². The average Bonchev–Trinajstić information content (AvgIpc) is 2.05. The zero-order valence-corrected chi connectivity index (χ0v) is 6.75. The Labute approximate surface area is 66.7 Å². The molecule has 1 atom stereocenters. The Morgan fingerprint density at radius 2 is 1.91 bits per heavy atom. The van der Waals surface area contributed by atoms with Crippen molar-refractivity contribution in [2.24, 2.45) is 0 Å². The number of benzene rings is 1. The van der Waals surface area contributed by atoms with E-state index in [0.717, 1.165) is 5.56 Å². The van der Waals surface area contributed by atoms with Gasteiger partial charge in [-0.05, 0) is 6.92 Å². The van der Waals surface area contributed by atoms with Crippen molar-refractivity contribution in [1.82, 2.24) is 0 Å². The molecule has 4 N–H and O–H groups in total. The SMILES string of the molecule is Cc1ccc(C([NH3+])CO)cc1. The van der Waals surface area contributed by atoms with Gasteiger partial charge in [-0.2, -0.15) is 0 Å². The van der Waals surface area contributed by atoms with Crippen LogP contribution in [0.25, 0.3) is 0 Å². The second kappa shape index (κ2) is 3.51. The van der Waals surface area contributed by atoms with Crippen LogP contribution < -0.4 is 5.73 Å². The van der Waals surface area contributed by atoms with Crippen LogP contribution in [0.4, 0.5) is 0 Å². The molecule has 0 saturated carbocycles. The smallest absolute Gasteiger partial charge is 0.133 e. The fourth-order valence-electron chi connectivity index (χ4n) is 0.944. The van der Waals surface area contributed by atoms with E-state index in [1.807, 2.05) is 31.2 Å². The van der Waals surface area contributed by atoms with Crippen molar-refractivity contribution in [2.45, 2.75) is 13.0 Å². The summed E-state index contributed by atoms with van der Waals surface area (Å²) < 4.78 is 0. The third kappa shape index (κ3) is 2.03. The Balaban J connectivity index is 2.81. The first-order chi connectivity index (χ1) is 5.24. The highest BCUT2D eigenvalue weighted by atomic mass is 16.3. The lowest BCUT2D eigenvalue weighted by atomic mass is 10.1. The van der Waals surface area contributed by atoms with E-state index in [0.29, 0.717) is 0 Å². The van der Waals surface area contributed by atoms with E-state index < -0.39 is 0 Å². The molecule has 0 fully saturated rings. The number of aliphatic hydroxyl groups is 1. The van der Waals surface area contributed by atoms with Crippen LogP contribution in [-0.4, -0.2) is 11.7 Å². The molecule has 0 aromatic heterocycles. The third-order valence-electron chi connectivity index (χ3n) is 1.77. The molecule has 2 heteroatoms. The van der Waals surface area contributed by atoms with Gasteiger partial charge in [-0.15, -0.1) is 0 Å². The molecule has 0 radical (unpaired) electrons. The summed E-state index contributed by atoms with van der Waals surface area (Å²) in [4.78, 5) is 0. The van der Waals surface area contributed by atoms with Crippen molar-refractivity contribution < 1.29 is 10.8 Å². The minimum atomic E-state index is 0.00981. The predicted molar refractivity (Wildman–Crippen MR) is 43.9 cm³/mol. The lowest BCUT2D eigenvalue weighted by Crippen LogP contribution is -2.55. The molecule has 0 heterocycles. The molecule has 0 aliphatic carbocycles. The lowest BCUT2D eigenvalue weighted by molar-refractivity contribution is -0.432. The maximum Gasteiger partial charge on any atom is 0.133 e. The van der Waals surface area contributed by atoms with Gasteiger partial charge < -0.3 is 10.8 Å². The topological polar surface area (TPSA) is 47.9 Å². The summed E-state index contributed by atoms with van der Waals surface area (Å²) in [5, 5.41) is 8.80. The zero-order valence-electron chi connectivity index (χ0n) is 6.75. The molecule has 1 unspecified atom stereocenters. The molecule has 60 valence electrons. The van der Waals surface area contributed by atoms with Crippen LogP contribution in [0.2, 0.25) is 0 Å². The first-order valence-corrected chi connectivity index (χ1v) is 3.74. The molecule has 1 rings (SSSR count). The zero-order chi connectivity index (χ0) is 8.27. The van der Waals surface area contributed by atoms with Gasteiger partial charge in [0.05, 0.1) is 6.61 Å². The largest absolute Gasteiger partial charge is 0.390 e. The van der Waals surface area contributed by atoms with Crippen LogP contribution in [-0.2, 0) is 0 Å². The molecule has 0 amide bonds. The molecule has 2 nitrogen and oxygen atoms in total. The molecule has 0 aliphatic heterocycles. The van der Waals surface area contributed by atoms with Crippen LogP contribution >= 0.6 is 0 Å². The van der Waals surface area contributed by atoms with Gasteiger partial charge in [-0.3, -0.25) is 0 Å². The summed E-state index contributed by atoms with van der Waals surface area (Å²) in [6, 6.07) is 8.08. The summed E-state index contributed by atoms with van der Waals surface area (Å²) >= 11 is 0. The Morgan fingerprint density at radius 3 is 2.36 bits per heavy atom. The summed E-state index contributed by atoms with van der Waals surface area (Å²) in [7, 11) is 0. The molecule has 1 aromatic rings. The summed E-state index contributed by atoms with van der Waals surface area (Å²) in [5.74, 6) is 0. The van der Waals surface area contributed by atoms with Crippen LogP contribution in [0.1, 0.15) is 17.2 Å². The summed E-state index contributed by atoms with van der Waals surface area (Å²) in [5.41, 5.74) is 6.14. The second-order valence-corrected chi connectivity index (χ2v) is 2.79. The Morgan fingerprint density at radius 1 is 1.36 bits per heavy atom. The van der Waals surface area contributed by atoms with Crippen molar-refractivity contribution in [3.8, 4) is 0 Å². The van der Waals surface area contributed by atoms with E-state index in [-0.39, 0.29) is 12.6 Å². The fraction of sp³-hybridized carbons (Fsp3) is 0.333.